The third-order valence-corrected chi connectivity index (χ3v) is 6.01. The number of fused-ring (bicyclic) bond motifs is 1. The Kier molecular flexibility index (Phi) is 5.41. The summed E-state index contributed by atoms with van der Waals surface area (Å²) in [4.78, 5) is 39.4. The van der Waals surface area contributed by atoms with E-state index in [4.69, 9.17) is 0 Å². The van der Waals surface area contributed by atoms with E-state index in [-0.39, 0.29) is 24.5 Å². The Hall–Kier alpha value is -3.04. The van der Waals surface area contributed by atoms with Gasteiger partial charge in [0, 0.05) is 10.3 Å². The van der Waals surface area contributed by atoms with Gasteiger partial charge < -0.3 is 5.32 Å². The first-order valence-corrected chi connectivity index (χ1v) is 10.7. The number of hydrogen-bond donors (Lipinski definition) is 1. The van der Waals surface area contributed by atoms with E-state index >= 15 is 0 Å². The minimum atomic E-state index is -0.518. The van der Waals surface area contributed by atoms with Crippen LogP contribution in [0.3, 0.4) is 0 Å². The van der Waals surface area contributed by atoms with Gasteiger partial charge in [0.1, 0.15) is 6.54 Å². The van der Waals surface area contributed by atoms with E-state index in [1.807, 2.05) is 48.7 Å². The molecule has 1 N–H and O–H groups in total. The molecule has 0 aliphatic rings. The van der Waals surface area contributed by atoms with Crippen molar-refractivity contribution in [2.24, 2.45) is 0 Å². The van der Waals surface area contributed by atoms with Crippen molar-refractivity contribution in [2.45, 2.75) is 26.6 Å². The molecule has 148 valence electrons. The molecule has 3 heterocycles. The standard InChI is InChI=1S/C20H18N4O3S2/c1-13-4-2-5-14(8-13)10-24-19(26)18-16(12-29-22-18)23(20(24)27)11-17(25)21-9-15-6-3-7-28-15/h2-8,12H,9-11H2,1H3,(H,21,25). The molecule has 3 aromatic heterocycles. The number of carbonyl (C=O) groups is 1. The van der Waals surface area contributed by atoms with E-state index in [0.29, 0.717) is 12.1 Å². The summed E-state index contributed by atoms with van der Waals surface area (Å²) < 4.78 is 6.61. The van der Waals surface area contributed by atoms with Crippen molar-refractivity contribution in [1.29, 1.82) is 0 Å². The maximum absolute atomic E-state index is 13.1. The monoisotopic (exact) mass is 426 g/mol. The van der Waals surface area contributed by atoms with Crippen molar-refractivity contribution in [2.75, 3.05) is 0 Å². The highest BCUT2D eigenvalue weighted by Crippen LogP contribution is 2.11. The first-order valence-electron chi connectivity index (χ1n) is 8.95. The van der Waals surface area contributed by atoms with Gasteiger partial charge in [-0.05, 0) is 35.5 Å². The number of aromatic nitrogens is 3. The van der Waals surface area contributed by atoms with Crippen molar-refractivity contribution < 1.29 is 4.79 Å². The molecular formula is C20H18N4O3S2. The first-order chi connectivity index (χ1) is 14.0. The molecule has 0 aliphatic carbocycles. The van der Waals surface area contributed by atoms with Crippen LogP contribution >= 0.6 is 22.9 Å². The average Bonchev–Trinajstić information content (AvgIpc) is 3.39. The topological polar surface area (TPSA) is 86.0 Å². The summed E-state index contributed by atoms with van der Waals surface area (Å²) in [6, 6.07) is 11.5. The maximum atomic E-state index is 13.1. The Morgan fingerprint density at radius 3 is 2.79 bits per heavy atom. The second kappa shape index (κ2) is 8.14. The van der Waals surface area contributed by atoms with E-state index in [2.05, 4.69) is 9.69 Å². The van der Waals surface area contributed by atoms with Gasteiger partial charge in [0.05, 0.1) is 18.6 Å². The number of thiophene rings is 1. The molecule has 0 saturated carbocycles. The van der Waals surface area contributed by atoms with E-state index < -0.39 is 11.2 Å². The van der Waals surface area contributed by atoms with Gasteiger partial charge in [-0.1, -0.05) is 35.9 Å². The molecule has 0 aliphatic heterocycles. The van der Waals surface area contributed by atoms with Crippen molar-refractivity contribution in [3.63, 3.8) is 0 Å². The molecule has 9 heteroatoms. The number of aryl methyl sites for hydroxylation is 1. The Balaban J connectivity index is 1.68. The smallest absolute Gasteiger partial charge is 0.332 e. The molecule has 0 bridgehead atoms. The largest absolute Gasteiger partial charge is 0.350 e. The van der Waals surface area contributed by atoms with E-state index in [1.54, 1.807) is 16.7 Å². The summed E-state index contributed by atoms with van der Waals surface area (Å²) >= 11 is 2.64. The quantitative estimate of drug-likeness (QED) is 0.513. The van der Waals surface area contributed by atoms with Gasteiger partial charge in [0.15, 0.2) is 5.52 Å². The van der Waals surface area contributed by atoms with Gasteiger partial charge >= 0.3 is 5.69 Å². The molecule has 0 fully saturated rings. The Labute approximate surface area is 174 Å². The van der Waals surface area contributed by atoms with Crippen LogP contribution in [0.25, 0.3) is 11.0 Å². The lowest BCUT2D eigenvalue weighted by molar-refractivity contribution is -0.121. The highest BCUT2D eigenvalue weighted by molar-refractivity contribution is 7.09. The summed E-state index contributed by atoms with van der Waals surface area (Å²) in [5, 5.41) is 6.38. The third-order valence-electron chi connectivity index (χ3n) is 4.52. The van der Waals surface area contributed by atoms with Crippen LogP contribution in [0.4, 0.5) is 0 Å². The Morgan fingerprint density at radius 2 is 2.03 bits per heavy atom. The zero-order valence-electron chi connectivity index (χ0n) is 15.6. The molecule has 1 aromatic carbocycles. The number of carbonyl (C=O) groups excluding carboxylic acids is 1. The molecule has 0 spiro atoms. The van der Waals surface area contributed by atoms with E-state index in [9.17, 15) is 14.4 Å². The molecule has 4 rings (SSSR count). The molecule has 4 aromatic rings. The third kappa shape index (κ3) is 4.06. The van der Waals surface area contributed by atoms with Gasteiger partial charge in [0.2, 0.25) is 5.91 Å². The van der Waals surface area contributed by atoms with Gasteiger partial charge in [-0.15, -0.1) is 11.3 Å². The van der Waals surface area contributed by atoms with Crippen LogP contribution in [-0.2, 0) is 24.4 Å². The molecule has 0 radical (unpaired) electrons. The van der Waals surface area contributed by atoms with Crippen molar-refractivity contribution in [3.05, 3.63) is 84.0 Å². The van der Waals surface area contributed by atoms with Gasteiger partial charge in [-0.25, -0.2) is 4.79 Å². The molecule has 0 atom stereocenters. The second-order valence-electron chi connectivity index (χ2n) is 6.65. The van der Waals surface area contributed by atoms with Crippen LogP contribution < -0.4 is 16.6 Å². The summed E-state index contributed by atoms with van der Waals surface area (Å²) in [7, 11) is 0. The summed E-state index contributed by atoms with van der Waals surface area (Å²) in [5.41, 5.74) is 1.51. The van der Waals surface area contributed by atoms with Crippen LogP contribution in [0.1, 0.15) is 16.0 Å². The molecule has 29 heavy (non-hydrogen) atoms. The minimum absolute atomic E-state index is 0.129. The molecule has 0 saturated heterocycles. The summed E-state index contributed by atoms with van der Waals surface area (Å²) in [6.45, 7) is 2.31. The fourth-order valence-corrected chi connectivity index (χ4v) is 4.43. The first kappa shape index (κ1) is 19.3. The van der Waals surface area contributed by atoms with Crippen LogP contribution in [0.5, 0.6) is 0 Å². The second-order valence-corrected chi connectivity index (χ2v) is 8.31. The molecule has 0 unspecified atom stereocenters. The van der Waals surface area contributed by atoms with E-state index in [0.717, 1.165) is 32.1 Å². The highest BCUT2D eigenvalue weighted by Gasteiger charge is 2.17. The molecule has 7 nitrogen and oxygen atoms in total. The van der Waals surface area contributed by atoms with Crippen molar-refractivity contribution in [3.8, 4) is 0 Å². The predicted octanol–water partition coefficient (Wildman–Crippen LogP) is 2.35. The number of nitrogens with zero attached hydrogens (tertiary/aromatic N) is 3. The normalized spacial score (nSPS) is 11.1. The van der Waals surface area contributed by atoms with Crippen molar-refractivity contribution >= 4 is 39.8 Å². The number of hydrogen-bond acceptors (Lipinski definition) is 6. The number of rotatable bonds is 6. The highest BCUT2D eigenvalue weighted by atomic mass is 32.1. The van der Waals surface area contributed by atoms with Gasteiger partial charge in [-0.2, -0.15) is 4.37 Å². The van der Waals surface area contributed by atoms with Crippen LogP contribution in [-0.4, -0.2) is 19.4 Å². The lowest BCUT2D eigenvalue weighted by Crippen LogP contribution is -2.42. The lowest BCUT2D eigenvalue weighted by atomic mass is 10.1. The van der Waals surface area contributed by atoms with Gasteiger partial charge in [-0.3, -0.25) is 18.7 Å². The fraction of sp³-hybridized carbons (Fsp3) is 0.200. The van der Waals surface area contributed by atoms with Crippen LogP contribution in [0, 0.1) is 6.92 Å². The number of nitrogens with one attached hydrogen (secondary N) is 1. The average molecular weight is 427 g/mol. The number of benzene rings is 1. The minimum Gasteiger partial charge on any atom is -0.350 e. The van der Waals surface area contributed by atoms with Crippen LogP contribution in [0.2, 0.25) is 0 Å². The maximum Gasteiger partial charge on any atom is 0.332 e. The fourth-order valence-electron chi connectivity index (χ4n) is 3.12. The Morgan fingerprint density at radius 1 is 1.17 bits per heavy atom. The molecule has 1 amide bonds. The van der Waals surface area contributed by atoms with Gasteiger partial charge in [0.25, 0.3) is 5.56 Å². The SMILES string of the molecule is Cc1cccc(Cn2c(=O)c3nscc3n(CC(=O)NCc3cccs3)c2=O)c1. The summed E-state index contributed by atoms with van der Waals surface area (Å²) in [6.07, 6.45) is 0. The Bertz CT molecular complexity index is 1290. The van der Waals surface area contributed by atoms with E-state index in [1.165, 1.54) is 4.57 Å². The van der Waals surface area contributed by atoms with Crippen molar-refractivity contribution in [1.82, 2.24) is 18.8 Å². The lowest BCUT2D eigenvalue weighted by Gasteiger charge is -2.12. The molecular weight excluding hydrogens is 408 g/mol. The summed E-state index contributed by atoms with van der Waals surface area (Å²) in [5.74, 6) is -0.297. The zero-order chi connectivity index (χ0) is 20.4. The van der Waals surface area contributed by atoms with Crippen LogP contribution in [0.15, 0.2) is 56.7 Å². The number of amides is 1. The predicted molar refractivity (Wildman–Crippen MR) is 115 cm³/mol. The zero-order valence-corrected chi connectivity index (χ0v) is 17.3.